The van der Waals surface area contributed by atoms with Gasteiger partial charge in [0.15, 0.2) is 11.6 Å². The third-order valence-electron chi connectivity index (χ3n) is 2.50. The highest BCUT2D eigenvalue weighted by molar-refractivity contribution is 5.38. The van der Waals surface area contributed by atoms with Crippen molar-refractivity contribution in [1.29, 1.82) is 0 Å². The first-order valence-electron chi connectivity index (χ1n) is 4.36. The van der Waals surface area contributed by atoms with Crippen LogP contribution in [0, 0.1) is 5.82 Å². The van der Waals surface area contributed by atoms with E-state index in [0.717, 1.165) is 18.7 Å². The Labute approximate surface area is 76.6 Å². The van der Waals surface area contributed by atoms with E-state index in [1.54, 1.807) is 6.07 Å². The van der Waals surface area contributed by atoms with E-state index >= 15 is 0 Å². The predicted molar refractivity (Wildman–Crippen MR) is 48.1 cm³/mol. The van der Waals surface area contributed by atoms with E-state index in [9.17, 15) is 4.39 Å². The summed E-state index contributed by atoms with van der Waals surface area (Å²) in [7, 11) is 2.01. The summed E-state index contributed by atoms with van der Waals surface area (Å²) in [6, 6.07) is 3.22. The smallest absolute Gasteiger partial charge is 0.168 e. The van der Waals surface area contributed by atoms with Gasteiger partial charge in [0.05, 0.1) is 0 Å². The number of phenolic OH excluding ortho intramolecular Hbond substituents is 1. The van der Waals surface area contributed by atoms with Crippen LogP contribution < -0.4 is 0 Å². The molecule has 13 heavy (non-hydrogen) atoms. The molecule has 1 aromatic rings. The second-order valence-corrected chi connectivity index (χ2v) is 3.52. The van der Waals surface area contributed by atoms with Crippen molar-refractivity contribution >= 4 is 0 Å². The molecule has 0 saturated heterocycles. The summed E-state index contributed by atoms with van der Waals surface area (Å²) in [5.41, 5.74) is 1.67. The quantitative estimate of drug-likeness (QED) is 0.656. The molecule has 0 spiro atoms. The normalized spacial score (nSPS) is 17.1. The Balaban J connectivity index is 2.47. The monoisotopic (exact) mass is 181 g/mol. The maximum atomic E-state index is 13.3. The van der Waals surface area contributed by atoms with E-state index in [2.05, 4.69) is 4.90 Å². The number of likely N-dealkylation sites (N-methyl/N-ethyl adjacent to an activating group) is 1. The Hall–Kier alpha value is -1.09. The van der Waals surface area contributed by atoms with Crippen LogP contribution in [0.1, 0.15) is 11.1 Å². The van der Waals surface area contributed by atoms with Gasteiger partial charge in [0, 0.05) is 13.1 Å². The number of benzene rings is 1. The highest BCUT2D eigenvalue weighted by Crippen LogP contribution is 2.26. The number of fused-ring (bicyclic) bond motifs is 1. The lowest BCUT2D eigenvalue weighted by atomic mass is 9.99. The molecule has 1 N–H and O–H groups in total. The fourth-order valence-electron chi connectivity index (χ4n) is 1.74. The van der Waals surface area contributed by atoms with Crippen LogP contribution in [0.4, 0.5) is 4.39 Å². The first-order chi connectivity index (χ1) is 6.18. The summed E-state index contributed by atoms with van der Waals surface area (Å²) in [5, 5.41) is 9.15. The van der Waals surface area contributed by atoms with Crippen molar-refractivity contribution in [3.05, 3.63) is 29.1 Å². The number of hydrogen-bond acceptors (Lipinski definition) is 2. The molecule has 70 valence electrons. The zero-order valence-corrected chi connectivity index (χ0v) is 7.55. The minimum absolute atomic E-state index is 0.233. The van der Waals surface area contributed by atoms with Crippen molar-refractivity contribution in [2.24, 2.45) is 0 Å². The summed E-state index contributed by atoms with van der Waals surface area (Å²) < 4.78 is 13.3. The molecule has 2 rings (SSSR count). The van der Waals surface area contributed by atoms with Crippen molar-refractivity contribution in [1.82, 2.24) is 4.90 Å². The highest BCUT2D eigenvalue weighted by atomic mass is 19.1. The Morgan fingerprint density at radius 2 is 2.23 bits per heavy atom. The molecule has 0 bridgehead atoms. The van der Waals surface area contributed by atoms with Gasteiger partial charge in [0.25, 0.3) is 0 Å². The van der Waals surface area contributed by atoms with Crippen molar-refractivity contribution in [2.45, 2.75) is 13.0 Å². The van der Waals surface area contributed by atoms with Crippen LogP contribution in [0.15, 0.2) is 12.1 Å². The van der Waals surface area contributed by atoms with Gasteiger partial charge in [0.2, 0.25) is 0 Å². The Bertz CT molecular complexity index is 338. The lowest BCUT2D eigenvalue weighted by molar-refractivity contribution is 0.306. The molecule has 0 fully saturated rings. The molecule has 3 heteroatoms. The fraction of sp³-hybridized carbons (Fsp3) is 0.400. The topological polar surface area (TPSA) is 23.5 Å². The van der Waals surface area contributed by atoms with Gasteiger partial charge in [-0.2, -0.15) is 0 Å². The summed E-state index contributed by atoms with van der Waals surface area (Å²) in [5.74, 6) is -0.672. The fourth-order valence-corrected chi connectivity index (χ4v) is 1.74. The average Bonchev–Trinajstić information content (AvgIpc) is 2.12. The van der Waals surface area contributed by atoms with E-state index < -0.39 is 5.82 Å². The lowest BCUT2D eigenvalue weighted by Gasteiger charge is -2.25. The Morgan fingerprint density at radius 1 is 1.46 bits per heavy atom. The zero-order valence-electron chi connectivity index (χ0n) is 7.55. The zero-order chi connectivity index (χ0) is 9.42. The summed E-state index contributed by atoms with van der Waals surface area (Å²) >= 11 is 0. The maximum Gasteiger partial charge on any atom is 0.168 e. The largest absolute Gasteiger partial charge is 0.505 e. The third kappa shape index (κ3) is 1.40. The first-order valence-corrected chi connectivity index (χ1v) is 4.36. The maximum absolute atomic E-state index is 13.3. The van der Waals surface area contributed by atoms with Gasteiger partial charge in [0.1, 0.15) is 0 Å². The van der Waals surface area contributed by atoms with Crippen molar-refractivity contribution in [2.75, 3.05) is 13.6 Å². The molecule has 0 saturated carbocycles. The molecule has 1 aliphatic rings. The molecule has 0 amide bonds. The first kappa shape index (κ1) is 8.51. The van der Waals surface area contributed by atoms with E-state index in [0.29, 0.717) is 12.0 Å². The predicted octanol–water partition coefficient (Wildman–Crippen LogP) is 1.52. The van der Waals surface area contributed by atoms with Gasteiger partial charge in [-0.15, -0.1) is 0 Å². The average molecular weight is 181 g/mol. The molecule has 0 atom stereocenters. The summed E-state index contributed by atoms with van der Waals surface area (Å²) in [6.07, 6.45) is 0.687. The van der Waals surface area contributed by atoms with Crippen LogP contribution in [-0.4, -0.2) is 23.6 Å². The molecule has 0 radical (unpaired) electrons. The number of nitrogens with zero attached hydrogens (tertiary/aromatic N) is 1. The van der Waals surface area contributed by atoms with Crippen molar-refractivity contribution < 1.29 is 9.50 Å². The number of halogens is 1. The van der Waals surface area contributed by atoms with Crippen LogP contribution in [0.2, 0.25) is 0 Å². The molecule has 0 aromatic heterocycles. The lowest BCUT2D eigenvalue weighted by Crippen LogP contribution is -2.27. The van der Waals surface area contributed by atoms with Crippen LogP contribution in [0.3, 0.4) is 0 Å². The molecular weight excluding hydrogens is 169 g/mol. The Kier molecular flexibility index (Phi) is 1.96. The molecule has 1 heterocycles. The molecule has 1 aromatic carbocycles. The van der Waals surface area contributed by atoms with Gasteiger partial charge < -0.3 is 10.0 Å². The van der Waals surface area contributed by atoms with Gasteiger partial charge in [-0.05, 0) is 30.7 Å². The Morgan fingerprint density at radius 3 is 3.00 bits per heavy atom. The van der Waals surface area contributed by atoms with Crippen LogP contribution in [0.25, 0.3) is 0 Å². The number of rotatable bonds is 0. The minimum Gasteiger partial charge on any atom is -0.505 e. The van der Waals surface area contributed by atoms with Crippen LogP contribution >= 0.6 is 0 Å². The van der Waals surface area contributed by atoms with E-state index in [1.165, 1.54) is 6.07 Å². The van der Waals surface area contributed by atoms with Gasteiger partial charge in [-0.25, -0.2) is 4.39 Å². The van der Waals surface area contributed by atoms with Gasteiger partial charge in [-0.3, -0.25) is 0 Å². The molecule has 1 aliphatic heterocycles. The number of phenols is 1. The van der Waals surface area contributed by atoms with Gasteiger partial charge in [-0.1, -0.05) is 6.07 Å². The summed E-state index contributed by atoms with van der Waals surface area (Å²) in [6.45, 7) is 1.62. The van der Waals surface area contributed by atoms with Gasteiger partial charge >= 0.3 is 0 Å². The molecular formula is C10H12FNO. The minimum atomic E-state index is -0.439. The highest BCUT2D eigenvalue weighted by Gasteiger charge is 2.18. The third-order valence-corrected chi connectivity index (χ3v) is 2.50. The van der Waals surface area contributed by atoms with E-state index in [1.807, 2.05) is 7.05 Å². The van der Waals surface area contributed by atoms with E-state index in [4.69, 9.17) is 5.11 Å². The van der Waals surface area contributed by atoms with E-state index in [-0.39, 0.29) is 5.75 Å². The second-order valence-electron chi connectivity index (χ2n) is 3.52. The summed E-state index contributed by atoms with van der Waals surface area (Å²) in [4.78, 5) is 2.14. The molecule has 0 aliphatic carbocycles. The van der Waals surface area contributed by atoms with Crippen LogP contribution in [-0.2, 0) is 13.0 Å². The molecule has 2 nitrogen and oxygen atoms in total. The van der Waals surface area contributed by atoms with Crippen LogP contribution in [0.5, 0.6) is 5.75 Å². The number of hydrogen-bond donors (Lipinski definition) is 1. The SMILES string of the molecule is CN1CCc2c(ccc(O)c2F)C1. The number of aromatic hydroxyl groups is 1. The van der Waals surface area contributed by atoms with Crippen molar-refractivity contribution in [3.8, 4) is 5.75 Å². The van der Waals surface area contributed by atoms with Crippen molar-refractivity contribution in [3.63, 3.8) is 0 Å². The molecule has 0 unspecified atom stereocenters. The standard InChI is InChI=1S/C10H12FNO/c1-12-5-4-8-7(6-12)2-3-9(13)10(8)11/h2-3,13H,4-6H2,1H3. The second kappa shape index (κ2) is 3.00.